The highest BCUT2D eigenvalue weighted by Gasteiger charge is 2.10. The SMILES string of the molecule is Cc1ccccc1S(=O)(=O)O.O=S(=O)(O)c1ccccc1. The molecule has 2 aromatic carbocycles. The van der Waals surface area contributed by atoms with Gasteiger partial charge in [0.2, 0.25) is 0 Å². The molecule has 0 spiro atoms. The lowest BCUT2D eigenvalue weighted by Gasteiger charge is -1.99. The number of hydrogen-bond donors (Lipinski definition) is 2. The van der Waals surface area contributed by atoms with Gasteiger partial charge in [-0.15, -0.1) is 0 Å². The summed E-state index contributed by atoms with van der Waals surface area (Å²) in [6.45, 7) is 1.63. The third kappa shape index (κ3) is 5.64. The van der Waals surface area contributed by atoms with Gasteiger partial charge in [-0.2, -0.15) is 16.8 Å². The second kappa shape index (κ2) is 6.81. The molecule has 0 radical (unpaired) electrons. The molecule has 2 rings (SSSR count). The van der Waals surface area contributed by atoms with Gasteiger partial charge in [-0.1, -0.05) is 36.4 Å². The number of aryl methyl sites for hydroxylation is 1. The first-order valence-corrected chi connectivity index (χ1v) is 8.56. The Kier molecular flexibility index (Phi) is 5.62. The van der Waals surface area contributed by atoms with Crippen molar-refractivity contribution in [2.45, 2.75) is 16.7 Å². The molecule has 0 aromatic heterocycles. The molecule has 6 nitrogen and oxygen atoms in total. The van der Waals surface area contributed by atoms with E-state index in [9.17, 15) is 16.8 Å². The predicted molar refractivity (Wildman–Crippen MR) is 77.3 cm³/mol. The highest BCUT2D eigenvalue weighted by atomic mass is 32.2. The molecule has 114 valence electrons. The summed E-state index contributed by atoms with van der Waals surface area (Å²) in [5.41, 5.74) is 0.551. The first-order chi connectivity index (χ1) is 9.62. The minimum atomic E-state index is -4.03. The second-order valence-corrected chi connectivity index (χ2v) is 6.84. The van der Waals surface area contributed by atoms with E-state index in [0.717, 1.165) is 0 Å². The lowest BCUT2D eigenvalue weighted by molar-refractivity contribution is 0.480. The van der Waals surface area contributed by atoms with Gasteiger partial charge in [0.15, 0.2) is 0 Å². The maximum absolute atomic E-state index is 10.6. The van der Waals surface area contributed by atoms with Crippen molar-refractivity contribution in [3.8, 4) is 0 Å². The van der Waals surface area contributed by atoms with Crippen molar-refractivity contribution in [3.63, 3.8) is 0 Å². The summed E-state index contributed by atoms with van der Waals surface area (Å²) < 4.78 is 59.1. The van der Waals surface area contributed by atoms with E-state index >= 15 is 0 Å². The van der Waals surface area contributed by atoms with E-state index in [2.05, 4.69) is 0 Å². The molecule has 0 aliphatic heterocycles. The smallest absolute Gasteiger partial charge is 0.282 e. The van der Waals surface area contributed by atoms with Crippen molar-refractivity contribution in [2.75, 3.05) is 0 Å². The molecule has 2 aromatic rings. The van der Waals surface area contributed by atoms with Crippen LogP contribution >= 0.6 is 0 Å². The lowest BCUT2D eigenvalue weighted by atomic mass is 10.2. The molecule has 0 amide bonds. The van der Waals surface area contributed by atoms with Gasteiger partial charge in [-0.05, 0) is 30.7 Å². The van der Waals surface area contributed by atoms with E-state index < -0.39 is 20.2 Å². The molecule has 0 saturated heterocycles. The Morgan fingerprint density at radius 3 is 1.52 bits per heavy atom. The van der Waals surface area contributed by atoms with Gasteiger partial charge in [0.25, 0.3) is 20.2 Å². The van der Waals surface area contributed by atoms with Crippen molar-refractivity contribution in [2.24, 2.45) is 0 Å². The Hall–Kier alpha value is -1.74. The predicted octanol–water partition coefficient (Wildman–Crippen LogP) is 2.18. The Morgan fingerprint density at radius 2 is 1.19 bits per heavy atom. The van der Waals surface area contributed by atoms with Crippen LogP contribution in [0.3, 0.4) is 0 Å². The average molecular weight is 330 g/mol. The zero-order valence-electron chi connectivity index (χ0n) is 11.0. The summed E-state index contributed by atoms with van der Waals surface area (Å²) >= 11 is 0. The molecule has 0 aliphatic rings. The third-order valence-electron chi connectivity index (χ3n) is 2.41. The summed E-state index contributed by atoms with van der Waals surface area (Å²) in [7, 11) is -8.04. The largest absolute Gasteiger partial charge is 0.294 e. The monoisotopic (exact) mass is 330 g/mol. The van der Waals surface area contributed by atoms with Crippen molar-refractivity contribution in [1.82, 2.24) is 0 Å². The summed E-state index contributed by atoms with van der Waals surface area (Å²) in [5.74, 6) is 0. The fourth-order valence-corrected chi connectivity index (χ4v) is 2.66. The molecule has 0 fully saturated rings. The molecule has 0 heterocycles. The standard InChI is InChI=1S/C7H8O3S.C6H6O3S/c1-6-4-2-3-5-7(6)11(8,9)10;7-10(8,9)6-4-2-1-3-5-6/h2-5H,1H3,(H,8,9,10);1-5H,(H,7,8,9). The Balaban J connectivity index is 0.000000211. The molecule has 0 aliphatic carbocycles. The highest BCUT2D eigenvalue weighted by molar-refractivity contribution is 7.86. The van der Waals surface area contributed by atoms with Crippen LogP contribution in [-0.2, 0) is 20.2 Å². The van der Waals surface area contributed by atoms with Gasteiger partial charge in [0, 0.05) is 0 Å². The van der Waals surface area contributed by atoms with E-state index in [1.807, 2.05) is 0 Å². The molecule has 0 atom stereocenters. The summed E-state index contributed by atoms with van der Waals surface area (Å²) in [5, 5.41) is 0. The van der Waals surface area contributed by atoms with Crippen molar-refractivity contribution >= 4 is 20.2 Å². The van der Waals surface area contributed by atoms with Crippen molar-refractivity contribution in [1.29, 1.82) is 0 Å². The minimum Gasteiger partial charge on any atom is -0.282 e. The van der Waals surface area contributed by atoms with Crippen LogP contribution in [0.5, 0.6) is 0 Å². The van der Waals surface area contributed by atoms with E-state index in [1.165, 1.54) is 18.2 Å². The molecular formula is C13H14O6S2. The van der Waals surface area contributed by atoms with Gasteiger partial charge in [-0.25, -0.2) is 0 Å². The maximum atomic E-state index is 10.6. The Morgan fingerprint density at radius 1 is 0.714 bits per heavy atom. The maximum Gasteiger partial charge on any atom is 0.294 e. The quantitative estimate of drug-likeness (QED) is 0.817. The summed E-state index contributed by atoms with van der Waals surface area (Å²) in [6, 6.07) is 13.7. The van der Waals surface area contributed by atoms with Crippen LogP contribution in [0.25, 0.3) is 0 Å². The number of rotatable bonds is 2. The molecule has 0 bridgehead atoms. The second-order valence-electron chi connectivity index (χ2n) is 4.03. The third-order valence-corrected chi connectivity index (χ3v) is 4.29. The molecule has 0 saturated carbocycles. The number of hydrogen-bond acceptors (Lipinski definition) is 4. The lowest BCUT2D eigenvalue weighted by Crippen LogP contribution is -1.99. The summed E-state index contributed by atoms with van der Waals surface area (Å²) in [6.07, 6.45) is 0. The first-order valence-electron chi connectivity index (χ1n) is 5.68. The van der Waals surface area contributed by atoms with E-state index in [-0.39, 0.29) is 9.79 Å². The number of benzene rings is 2. The Bertz CT molecular complexity index is 796. The van der Waals surface area contributed by atoms with Crippen LogP contribution in [0.4, 0.5) is 0 Å². The fraction of sp³-hybridized carbons (Fsp3) is 0.0769. The zero-order chi connectivity index (χ0) is 16.1. The molecular weight excluding hydrogens is 316 g/mol. The van der Waals surface area contributed by atoms with Crippen LogP contribution in [0.15, 0.2) is 64.4 Å². The molecule has 8 heteroatoms. The zero-order valence-corrected chi connectivity index (χ0v) is 12.7. The highest BCUT2D eigenvalue weighted by Crippen LogP contribution is 2.12. The molecule has 21 heavy (non-hydrogen) atoms. The van der Waals surface area contributed by atoms with Crippen molar-refractivity contribution < 1.29 is 25.9 Å². The van der Waals surface area contributed by atoms with Crippen LogP contribution in [0.1, 0.15) is 5.56 Å². The van der Waals surface area contributed by atoms with E-state index in [1.54, 1.807) is 43.3 Å². The van der Waals surface area contributed by atoms with Gasteiger partial charge in [-0.3, -0.25) is 9.11 Å². The van der Waals surface area contributed by atoms with Gasteiger partial charge in [0.05, 0.1) is 9.79 Å². The summed E-state index contributed by atoms with van der Waals surface area (Å²) in [4.78, 5) is -0.102. The van der Waals surface area contributed by atoms with Crippen molar-refractivity contribution in [3.05, 3.63) is 60.2 Å². The van der Waals surface area contributed by atoms with Crippen LogP contribution < -0.4 is 0 Å². The van der Waals surface area contributed by atoms with Crippen LogP contribution in [0.2, 0.25) is 0 Å². The molecule has 2 N–H and O–H groups in total. The minimum absolute atomic E-state index is 0.0278. The van der Waals surface area contributed by atoms with E-state index in [4.69, 9.17) is 9.11 Å². The average Bonchev–Trinajstić information content (AvgIpc) is 2.39. The van der Waals surface area contributed by atoms with Gasteiger partial charge in [0.1, 0.15) is 0 Å². The molecule has 0 unspecified atom stereocenters. The van der Waals surface area contributed by atoms with Crippen LogP contribution in [0, 0.1) is 6.92 Å². The Labute approximate surface area is 123 Å². The van der Waals surface area contributed by atoms with Gasteiger partial charge < -0.3 is 0 Å². The normalized spacial score (nSPS) is 11.4. The fourth-order valence-electron chi connectivity index (χ4n) is 1.44. The van der Waals surface area contributed by atoms with Gasteiger partial charge >= 0.3 is 0 Å². The topological polar surface area (TPSA) is 109 Å². The van der Waals surface area contributed by atoms with E-state index in [0.29, 0.717) is 5.56 Å². The van der Waals surface area contributed by atoms with Crippen LogP contribution in [-0.4, -0.2) is 25.9 Å². The first kappa shape index (κ1) is 17.3.